The van der Waals surface area contributed by atoms with Gasteiger partial charge in [0.25, 0.3) is 0 Å². The van der Waals surface area contributed by atoms with Crippen LogP contribution in [0, 0.1) is 0 Å². The Labute approximate surface area is 186 Å². The maximum Gasteiger partial charge on any atom is 0.421 e. The third-order valence-corrected chi connectivity index (χ3v) is 5.67. The first-order chi connectivity index (χ1) is 15.5. The molecule has 3 aromatic rings. The maximum absolute atomic E-state index is 13.5. The lowest BCUT2D eigenvalue weighted by Crippen LogP contribution is -2.15. The van der Waals surface area contributed by atoms with Gasteiger partial charge in [-0.3, -0.25) is 4.79 Å². The molecule has 0 aliphatic carbocycles. The zero-order valence-corrected chi connectivity index (χ0v) is 17.9. The number of alkyl halides is 3. The van der Waals surface area contributed by atoms with E-state index in [4.69, 9.17) is 0 Å². The molecule has 0 bridgehead atoms. The summed E-state index contributed by atoms with van der Waals surface area (Å²) in [5.41, 5.74) is 1.02. The van der Waals surface area contributed by atoms with Crippen molar-refractivity contribution < 1.29 is 26.4 Å². The Balaban J connectivity index is 1.58. The topological polar surface area (TPSA) is 126 Å². The molecule has 3 heterocycles. The second-order valence-electron chi connectivity index (χ2n) is 7.27. The van der Waals surface area contributed by atoms with Crippen molar-refractivity contribution in [1.29, 1.82) is 0 Å². The van der Waals surface area contributed by atoms with Crippen molar-refractivity contribution in [2.75, 3.05) is 22.2 Å². The van der Waals surface area contributed by atoms with Gasteiger partial charge < -0.3 is 16.0 Å². The second-order valence-corrected chi connectivity index (χ2v) is 9.23. The van der Waals surface area contributed by atoms with Crippen LogP contribution >= 0.6 is 0 Å². The first-order valence-electron chi connectivity index (χ1n) is 9.53. The molecule has 1 aliphatic rings. The van der Waals surface area contributed by atoms with E-state index in [1.165, 1.54) is 18.2 Å². The Morgan fingerprint density at radius 1 is 1.15 bits per heavy atom. The predicted octanol–water partition coefficient (Wildman–Crippen LogP) is 3.14. The number of aromatic nitrogens is 3. The van der Waals surface area contributed by atoms with Crippen molar-refractivity contribution in [1.82, 2.24) is 15.0 Å². The number of sulfone groups is 1. The van der Waals surface area contributed by atoms with E-state index >= 15 is 0 Å². The number of rotatable bonds is 6. The number of halogens is 3. The summed E-state index contributed by atoms with van der Waals surface area (Å²) >= 11 is 0. The van der Waals surface area contributed by atoms with Crippen molar-refractivity contribution in [2.24, 2.45) is 0 Å². The van der Waals surface area contributed by atoms with Crippen LogP contribution in [0.5, 0.6) is 0 Å². The second kappa shape index (κ2) is 8.31. The number of carbonyl (C=O) groups is 1. The van der Waals surface area contributed by atoms with Crippen molar-refractivity contribution in [3.05, 3.63) is 59.4 Å². The van der Waals surface area contributed by atoms with Crippen LogP contribution in [0.4, 0.5) is 36.3 Å². The van der Waals surface area contributed by atoms with Crippen molar-refractivity contribution >= 4 is 38.9 Å². The monoisotopic (exact) mass is 478 g/mol. The highest BCUT2D eigenvalue weighted by atomic mass is 32.2. The molecule has 0 saturated carbocycles. The molecule has 2 aromatic heterocycles. The van der Waals surface area contributed by atoms with Gasteiger partial charge >= 0.3 is 6.18 Å². The molecule has 4 rings (SSSR count). The molecule has 0 saturated heterocycles. The van der Waals surface area contributed by atoms with E-state index in [1.807, 2.05) is 0 Å². The number of nitrogens with one attached hydrogen (secondary N) is 3. The molecular formula is C20H17F3N6O3S. The van der Waals surface area contributed by atoms with E-state index in [0.717, 1.165) is 11.8 Å². The van der Waals surface area contributed by atoms with E-state index in [2.05, 4.69) is 30.9 Å². The predicted molar refractivity (Wildman–Crippen MR) is 114 cm³/mol. The molecule has 1 aromatic carbocycles. The number of anilines is 4. The largest absolute Gasteiger partial charge is 0.421 e. The Morgan fingerprint density at radius 2 is 1.94 bits per heavy atom. The number of hydrogen-bond acceptors (Lipinski definition) is 8. The summed E-state index contributed by atoms with van der Waals surface area (Å²) < 4.78 is 63.7. The number of benzene rings is 1. The molecule has 3 N–H and O–H groups in total. The lowest BCUT2D eigenvalue weighted by Gasteiger charge is -2.15. The molecule has 0 radical (unpaired) electrons. The molecular weight excluding hydrogens is 461 g/mol. The third kappa shape index (κ3) is 5.19. The minimum Gasteiger partial charge on any atom is -0.364 e. The number of amides is 1. The molecule has 0 fully saturated rings. The van der Waals surface area contributed by atoms with Crippen molar-refractivity contribution in [3.63, 3.8) is 0 Å². The molecule has 33 heavy (non-hydrogen) atoms. The van der Waals surface area contributed by atoms with Gasteiger partial charge in [-0.2, -0.15) is 18.2 Å². The van der Waals surface area contributed by atoms with Gasteiger partial charge in [-0.1, -0.05) is 12.1 Å². The highest BCUT2D eigenvalue weighted by Gasteiger charge is 2.35. The number of fused-ring (bicyclic) bond motifs is 1. The molecule has 13 heteroatoms. The third-order valence-electron chi connectivity index (χ3n) is 4.68. The van der Waals surface area contributed by atoms with Crippen LogP contribution in [0.2, 0.25) is 0 Å². The van der Waals surface area contributed by atoms with E-state index in [9.17, 15) is 26.4 Å². The first-order valence-corrected chi connectivity index (χ1v) is 11.4. The lowest BCUT2D eigenvalue weighted by molar-refractivity contribution is -0.137. The summed E-state index contributed by atoms with van der Waals surface area (Å²) in [4.78, 5) is 23.1. The van der Waals surface area contributed by atoms with Crippen LogP contribution in [-0.4, -0.2) is 35.5 Å². The van der Waals surface area contributed by atoms with Crippen molar-refractivity contribution in [2.45, 2.75) is 24.2 Å². The number of nitrogens with zero attached hydrogens (tertiary/aromatic N) is 3. The molecule has 1 amide bonds. The molecule has 0 atom stereocenters. The average Bonchev–Trinajstić information content (AvgIpc) is 3.10. The van der Waals surface area contributed by atoms with Gasteiger partial charge in [-0.05, 0) is 29.8 Å². The van der Waals surface area contributed by atoms with Gasteiger partial charge in [0.15, 0.2) is 14.9 Å². The molecule has 1 aliphatic heterocycles. The Morgan fingerprint density at radius 3 is 2.67 bits per heavy atom. The van der Waals surface area contributed by atoms with Gasteiger partial charge in [-0.15, -0.1) is 0 Å². The maximum atomic E-state index is 13.5. The Kier molecular flexibility index (Phi) is 5.66. The fourth-order valence-electron chi connectivity index (χ4n) is 3.14. The molecule has 172 valence electrons. The summed E-state index contributed by atoms with van der Waals surface area (Å²) in [6.07, 6.45) is -2.83. The normalized spacial score (nSPS) is 13.4. The fourth-order valence-corrected chi connectivity index (χ4v) is 3.75. The molecule has 9 nitrogen and oxygen atoms in total. The highest BCUT2D eigenvalue weighted by Crippen LogP contribution is 2.34. The van der Waals surface area contributed by atoms with E-state index in [0.29, 0.717) is 17.6 Å². The SMILES string of the molecule is CS(=O)(=O)c1cccc(CNc2nc(Nc3ccc4c(c3)NC(=O)C4)ncc2C(F)(F)F)n1. The standard InChI is InChI=1S/C20H17F3N6O3S/c1-33(31,32)17-4-2-3-13(26-17)9-24-18-14(20(21,22)23)10-25-19(29-18)27-12-6-5-11-7-16(30)28-15(11)8-12/h2-6,8,10H,7,9H2,1H3,(H,28,30)(H2,24,25,27,29). The van der Waals surface area contributed by atoms with E-state index in [1.54, 1.807) is 18.2 Å². The molecule has 0 spiro atoms. The lowest BCUT2D eigenvalue weighted by atomic mass is 10.1. The van der Waals surface area contributed by atoms with Gasteiger partial charge in [-0.25, -0.2) is 18.4 Å². The molecule has 0 unspecified atom stereocenters. The van der Waals surface area contributed by atoms with Gasteiger partial charge in [0.2, 0.25) is 11.9 Å². The minimum absolute atomic E-state index is 0.104. The zero-order chi connectivity index (χ0) is 23.8. The van der Waals surface area contributed by atoms with Crippen molar-refractivity contribution in [3.8, 4) is 0 Å². The number of carbonyl (C=O) groups excluding carboxylic acids is 1. The van der Waals surface area contributed by atoms with Crippen LogP contribution in [0.3, 0.4) is 0 Å². The average molecular weight is 478 g/mol. The van der Waals surface area contributed by atoms with E-state index < -0.39 is 27.4 Å². The highest BCUT2D eigenvalue weighted by molar-refractivity contribution is 7.90. The van der Waals surface area contributed by atoms with Crippen LogP contribution in [-0.2, 0) is 33.8 Å². The van der Waals surface area contributed by atoms with Crippen LogP contribution in [0.25, 0.3) is 0 Å². The summed E-state index contributed by atoms with van der Waals surface area (Å²) in [7, 11) is -3.57. The quantitative estimate of drug-likeness (QED) is 0.493. The summed E-state index contributed by atoms with van der Waals surface area (Å²) in [5.74, 6) is -0.749. The minimum atomic E-state index is -4.72. The number of hydrogen-bond donors (Lipinski definition) is 3. The van der Waals surface area contributed by atoms with E-state index in [-0.39, 0.29) is 35.5 Å². The van der Waals surface area contributed by atoms with Gasteiger partial charge in [0.05, 0.1) is 18.7 Å². The summed E-state index contributed by atoms with van der Waals surface area (Å²) in [6.45, 7) is -0.201. The Bertz CT molecular complexity index is 1350. The van der Waals surface area contributed by atoms with Gasteiger partial charge in [0, 0.05) is 23.8 Å². The smallest absolute Gasteiger partial charge is 0.364 e. The van der Waals surface area contributed by atoms with Crippen LogP contribution in [0.15, 0.2) is 47.6 Å². The Hall–Kier alpha value is -3.74. The fraction of sp³-hybridized carbons (Fsp3) is 0.200. The zero-order valence-electron chi connectivity index (χ0n) is 17.1. The number of pyridine rings is 1. The van der Waals surface area contributed by atoms with Gasteiger partial charge in [0.1, 0.15) is 11.4 Å². The summed E-state index contributed by atoms with van der Waals surface area (Å²) in [6, 6.07) is 9.24. The van der Waals surface area contributed by atoms with Crippen LogP contribution in [0.1, 0.15) is 16.8 Å². The summed E-state index contributed by atoms with van der Waals surface area (Å²) in [5, 5.41) is 7.88. The first kappa shape index (κ1) is 22.5. The van der Waals surface area contributed by atoms with Crippen LogP contribution < -0.4 is 16.0 Å².